The first-order valence-corrected chi connectivity index (χ1v) is 7.71. The van der Waals surface area contributed by atoms with Crippen molar-refractivity contribution in [3.63, 3.8) is 0 Å². The summed E-state index contributed by atoms with van der Waals surface area (Å²) in [7, 11) is 0. The average Bonchev–Trinajstić information content (AvgIpc) is 3.00. The van der Waals surface area contributed by atoms with Gasteiger partial charge in [-0.1, -0.05) is 0 Å². The topological polar surface area (TPSA) is 70.7 Å². The molecule has 4 heterocycles. The van der Waals surface area contributed by atoms with Gasteiger partial charge < -0.3 is 10.3 Å². The summed E-state index contributed by atoms with van der Waals surface area (Å²) in [6.07, 6.45) is 3.92. The predicted molar refractivity (Wildman–Crippen MR) is 87.8 cm³/mol. The lowest BCUT2D eigenvalue weighted by molar-refractivity contribution is 0.0929. The number of rotatable bonds is 2. The van der Waals surface area contributed by atoms with Gasteiger partial charge in [0.05, 0.1) is 11.3 Å². The molecule has 5 nitrogen and oxygen atoms in total. The van der Waals surface area contributed by atoms with Crippen LogP contribution in [0, 0.1) is 5.95 Å². The fourth-order valence-electron chi connectivity index (χ4n) is 2.96. The number of aromatic nitrogens is 3. The molecular formula is C18H15FN4O. The van der Waals surface area contributed by atoms with Crippen molar-refractivity contribution < 1.29 is 9.18 Å². The molecule has 2 N–H and O–H groups in total. The maximum absolute atomic E-state index is 13.0. The van der Waals surface area contributed by atoms with Gasteiger partial charge >= 0.3 is 0 Å². The van der Waals surface area contributed by atoms with Crippen molar-refractivity contribution in [2.75, 3.05) is 0 Å². The van der Waals surface area contributed by atoms with E-state index in [1.807, 2.05) is 25.1 Å². The molecule has 1 unspecified atom stereocenters. The largest absolute Gasteiger partial charge is 0.358 e. The molecule has 0 saturated carbocycles. The van der Waals surface area contributed by atoms with E-state index in [1.165, 1.54) is 12.3 Å². The second kappa shape index (κ2) is 5.56. The minimum atomic E-state index is -0.521. The minimum absolute atomic E-state index is 0.0525. The molecule has 4 rings (SSSR count). The van der Waals surface area contributed by atoms with Gasteiger partial charge in [-0.2, -0.15) is 4.39 Å². The predicted octanol–water partition coefficient (Wildman–Crippen LogP) is 2.95. The number of amides is 1. The maximum atomic E-state index is 13.0. The molecule has 3 aromatic rings. The number of H-pyrrole nitrogens is 1. The molecule has 1 atom stereocenters. The molecule has 1 aliphatic rings. The van der Waals surface area contributed by atoms with Crippen LogP contribution in [0.3, 0.4) is 0 Å². The molecule has 0 radical (unpaired) electrons. The lowest BCUT2D eigenvalue weighted by Crippen LogP contribution is -2.38. The first-order valence-electron chi connectivity index (χ1n) is 7.71. The maximum Gasteiger partial charge on any atom is 0.253 e. The third-order valence-electron chi connectivity index (χ3n) is 4.13. The van der Waals surface area contributed by atoms with Crippen LogP contribution >= 0.6 is 0 Å². The lowest BCUT2D eigenvalue weighted by Gasteiger charge is -2.19. The van der Waals surface area contributed by atoms with E-state index in [9.17, 15) is 9.18 Å². The summed E-state index contributed by atoms with van der Waals surface area (Å²) in [5.41, 5.74) is 4.85. The summed E-state index contributed by atoms with van der Waals surface area (Å²) in [5.74, 6) is -0.574. The molecule has 0 aromatic carbocycles. The Balaban J connectivity index is 1.73. The van der Waals surface area contributed by atoms with Crippen LogP contribution in [0.25, 0.3) is 22.5 Å². The highest BCUT2D eigenvalue weighted by Gasteiger charge is 2.24. The van der Waals surface area contributed by atoms with Crippen LogP contribution in [0.15, 0.2) is 42.7 Å². The number of hydrogen-bond acceptors (Lipinski definition) is 3. The van der Waals surface area contributed by atoms with Crippen LogP contribution < -0.4 is 5.32 Å². The summed E-state index contributed by atoms with van der Waals surface area (Å²) >= 11 is 0. The highest BCUT2D eigenvalue weighted by atomic mass is 19.1. The van der Waals surface area contributed by atoms with Crippen molar-refractivity contribution in [2.24, 2.45) is 0 Å². The molecule has 0 aliphatic carbocycles. The van der Waals surface area contributed by atoms with Crippen molar-refractivity contribution in [1.29, 1.82) is 0 Å². The van der Waals surface area contributed by atoms with E-state index in [0.717, 1.165) is 28.9 Å². The first-order chi connectivity index (χ1) is 11.6. The van der Waals surface area contributed by atoms with Gasteiger partial charge in [-0.15, -0.1) is 0 Å². The molecule has 24 heavy (non-hydrogen) atoms. The molecule has 120 valence electrons. The smallest absolute Gasteiger partial charge is 0.253 e. The zero-order valence-electron chi connectivity index (χ0n) is 13.0. The summed E-state index contributed by atoms with van der Waals surface area (Å²) in [4.78, 5) is 23.4. The zero-order valence-corrected chi connectivity index (χ0v) is 13.0. The quantitative estimate of drug-likeness (QED) is 0.713. The summed E-state index contributed by atoms with van der Waals surface area (Å²) in [6, 6.07) is 8.70. The van der Waals surface area contributed by atoms with Crippen molar-refractivity contribution >= 4 is 5.91 Å². The van der Waals surface area contributed by atoms with Crippen LogP contribution in [0.4, 0.5) is 4.39 Å². The Labute approximate surface area is 138 Å². The molecule has 1 amide bonds. The van der Waals surface area contributed by atoms with Crippen molar-refractivity contribution in [2.45, 2.75) is 19.4 Å². The number of hydrogen-bond donors (Lipinski definition) is 2. The Morgan fingerprint density at radius 1 is 1.17 bits per heavy atom. The van der Waals surface area contributed by atoms with E-state index in [1.54, 1.807) is 12.3 Å². The Kier molecular flexibility index (Phi) is 3.37. The highest BCUT2D eigenvalue weighted by molar-refractivity contribution is 5.98. The van der Waals surface area contributed by atoms with Gasteiger partial charge in [-0.3, -0.25) is 9.78 Å². The molecule has 0 fully saturated rings. The normalized spacial score (nSPS) is 16.6. The van der Waals surface area contributed by atoms with Crippen molar-refractivity contribution in [3.05, 3.63) is 59.9 Å². The van der Waals surface area contributed by atoms with Crippen LogP contribution in [-0.2, 0) is 6.42 Å². The highest BCUT2D eigenvalue weighted by Crippen LogP contribution is 2.27. The molecule has 0 bridgehead atoms. The fourth-order valence-corrected chi connectivity index (χ4v) is 2.96. The van der Waals surface area contributed by atoms with Gasteiger partial charge in [0.15, 0.2) is 0 Å². The minimum Gasteiger partial charge on any atom is -0.358 e. The summed E-state index contributed by atoms with van der Waals surface area (Å²) in [6.45, 7) is 1.98. The zero-order chi connectivity index (χ0) is 16.7. The van der Waals surface area contributed by atoms with E-state index < -0.39 is 5.95 Å². The fraction of sp³-hybridized carbons (Fsp3) is 0.167. The van der Waals surface area contributed by atoms with Gasteiger partial charge in [-0.05, 0) is 37.3 Å². The molecule has 3 aromatic heterocycles. The van der Waals surface area contributed by atoms with E-state index in [-0.39, 0.29) is 11.9 Å². The third-order valence-corrected chi connectivity index (χ3v) is 4.13. The second-order valence-corrected chi connectivity index (χ2v) is 5.95. The van der Waals surface area contributed by atoms with E-state index in [2.05, 4.69) is 20.3 Å². The monoisotopic (exact) mass is 322 g/mol. The molecule has 1 aliphatic heterocycles. The Morgan fingerprint density at radius 3 is 2.83 bits per heavy atom. The SMILES string of the molecule is CC1Cc2[nH]c(-c3ccnc(-c4ccc(F)nc4)c3)cc2C(=O)N1. The molecular weight excluding hydrogens is 307 g/mol. The van der Waals surface area contributed by atoms with Gasteiger partial charge in [0.2, 0.25) is 5.95 Å². The van der Waals surface area contributed by atoms with Crippen molar-refractivity contribution in [3.8, 4) is 22.5 Å². The molecule has 0 spiro atoms. The number of carbonyl (C=O) groups excluding carboxylic acids is 1. The number of halogens is 1. The number of nitrogens with one attached hydrogen (secondary N) is 2. The van der Waals surface area contributed by atoms with Crippen molar-refractivity contribution in [1.82, 2.24) is 20.3 Å². The Bertz CT molecular complexity index is 917. The Hall–Kier alpha value is -3.02. The lowest BCUT2D eigenvalue weighted by atomic mass is 10.0. The molecule has 0 saturated heterocycles. The molecule has 6 heteroatoms. The number of fused-ring (bicyclic) bond motifs is 1. The van der Waals surface area contributed by atoms with Gasteiger partial charge in [0.1, 0.15) is 0 Å². The summed E-state index contributed by atoms with van der Waals surface area (Å²) in [5, 5.41) is 2.93. The Morgan fingerprint density at radius 2 is 2.04 bits per heavy atom. The van der Waals surface area contributed by atoms with Gasteiger partial charge in [-0.25, -0.2) is 4.98 Å². The van der Waals surface area contributed by atoms with E-state index in [0.29, 0.717) is 11.3 Å². The standard InChI is InChI=1S/C18H15FN4O/c1-10-6-16-13(18(24)22-10)8-15(23-16)11-4-5-20-14(7-11)12-2-3-17(19)21-9-12/h2-5,7-10,23H,6H2,1H3,(H,22,24). The van der Waals surface area contributed by atoms with E-state index >= 15 is 0 Å². The van der Waals surface area contributed by atoms with Crippen LogP contribution in [0.2, 0.25) is 0 Å². The third kappa shape index (κ3) is 2.56. The van der Waals surface area contributed by atoms with E-state index in [4.69, 9.17) is 0 Å². The van der Waals surface area contributed by atoms with Gasteiger partial charge in [0.25, 0.3) is 5.91 Å². The first kappa shape index (κ1) is 14.6. The van der Waals surface area contributed by atoms with Crippen LogP contribution in [0.5, 0.6) is 0 Å². The average molecular weight is 322 g/mol. The van der Waals surface area contributed by atoms with Crippen LogP contribution in [-0.4, -0.2) is 26.9 Å². The number of carbonyl (C=O) groups is 1. The number of nitrogens with zero attached hydrogens (tertiary/aromatic N) is 2. The van der Waals surface area contributed by atoms with Crippen LogP contribution in [0.1, 0.15) is 23.0 Å². The number of aromatic amines is 1. The number of pyridine rings is 2. The summed E-state index contributed by atoms with van der Waals surface area (Å²) < 4.78 is 13.0. The van der Waals surface area contributed by atoms with Gasteiger partial charge in [0, 0.05) is 47.4 Å². The second-order valence-electron chi connectivity index (χ2n) is 5.95.